The maximum absolute atomic E-state index is 12.7. The number of amides is 1. The van der Waals surface area contributed by atoms with E-state index >= 15 is 0 Å². The Kier molecular flexibility index (Phi) is 6.24. The summed E-state index contributed by atoms with van der Waals surface area (Å²) in [7, 11) is 0. The van der Waals surface area contributed by atoms with Gasteiger partial charge in [-0.3, -0.25) is 4.79 Å². The maximum atomic E-state index is 12.7. The van der Waals surface area contributed by atoms with Crippen LogP contribution in [0.15, 0.2) is 30.3 Å². The highest BCUT2D eigenvalue weighted by Crippen LogP contribution is 2.20. The van der Waals surface area contributed by atoms with Crippen molar-refractivity contribution in [2.24, 2.45) is 5.92 Å². The lowest BCUT2D eigenvalue weighted by molar-refractivity contribution is -0.135. The predicted octanol–water partition coefficient (Wildman–Crippen LogP) is 3.20. The molecule has 0 aromatic heterocycles. The van der Waals surface area contributed by atoms with Gasteiger partial charge in [0, 0.05) is 19.0 Å². The molecule has 1 fully saturated rings. The van der Waals surface area contributed by atoms with Crippen LogP contribution >= 0.6 is 0 Å². The van der Waals surface area contributed by atoms with E-state index in [9.17, 15) is 4.79 Å². The molecule has 0 saturated carbocycles. The van der Waals surface area contributed by atoms with Gasteiger partial charge in [-0.1, -0.05) is 37.3 Å². The summed E-state index contributed by atoms with van der Waals surface area (Å²) in [6.07, 6.45) is 3.97. The first kappa shape index (κ1) is 16.0. The fourth-order valence-electron chi connectivity index (χ4n) is 2.94. The van der Waals surface area contributed by atoms with E-state index in [0.717, 1.165) is 38.9 Å². The molecular weight excluding hydrogens is 260 g/mol. The van der Waals surface area contributed by atoms with Crippen molar-refractivity contribution >= 4 is 5.91 Å². The molecule has 1 aromatic rings. The molecule has 1 unspecified atom stereocenters. The number of benzene rings is 1. The van der Waals surface area contributed by atoms with E-state index in [4.69, 9.17) is 0 Å². The van der Waals surface area contributed by atoms with E-state index in [1.807, 2.05) is 18.2 Å². The van der Waals surface area contributed by atoms with Crippen molar-refractivity contribution in [3.8, 4) is 0 Å². The first-order valence-electron chi connectivity index (χ1n) is 8.24. The summed E-state index contributed by atoms with van der Waals surface area (Å²) >= 11 is 0. The Bertz CT molecular complexity index is 426. The maximum Gasteiger partial charge on any atom is 0.223 e. The Balaban J connectivity index is 1.99. The predicted molar refractivity (Wildman–Crippen MR) is 87.0 cm³/mol. The van der Waals surface area contributed by atoms with Crippen molar-refractivity contribution in [1.29, 1.82) is 0 Å². The molecule has 3 nitrogen and oxygen atoms in total. The standard InChI is InChI=1S/C18H28N2O/c1-3-15(2)20(14-17-7-5-4-6-8-17)18(21)13-16-9-11-19-12-10-16/h4-8,15-16,19H,3,9-14H2,1-2H3. The number of carbonyl (C=O) groups excluding carboxylic acids is 1. The summed E-state index contributed by atoms with van der Waals surface area (Å²) in [5.41, 5.74) is 1.22. The molecule has 0 spiro atoms. The number of nitrogens with zero attached hydrogens (tertiary/aromatic N) is 1. The summed E-state index contributed by atoms with van der Waals surface area (Å²) in [5, 5.41) is 3.37. The fraction of sp³-hybridized carbons (Fsp3) is 0.611. The summed E-state index contributed by atoms with van der Waals surface area (Å²) in [6, 6.07) is 10.6. The van der Waals surface area contributed by atoms with Crippen LogP contribution in [0.25, 0.3) is 0 Å². The van der Waals surface area contributed by atoms with Crippen molar-refractivity contribution in [3.05, 3.63) is 35.9 Å². The van der Waals surface area contributed by atoms with Gasteiger partial charge in [-0.05, 0) is 50.8 Å². The molecule has 1 atom stereocenters. The molecule has 0 radical (unpaired) electrons. The second kappa shape index (κ2) is 8.18. The topological polar surface area (TPSA) is 32.3 Å². The molecule has 1 amide bonds. The number of rotatable bonds is 6. The van der Waals surface area contributed by atoms with Crippen LogP contribution in [0, 0.1) is 5.92 Å². The van der Waals surface area contributed by atoms with Gasteiger partial charge in [-0.25, -0.2) is 0 Å². The number of hydrogen-bond acceptors (Lipinski definition) is 2. The van der Waals surface area contributed by atoms with Gasteiger partial charge < -0.3 is 10.2 Å². The van der Waals surface area contributed by atoms with Crippen LogP contribution in [0.3, 0.4) is 0 Å². The van der Waals surface area contributed by atoms with Crippen molar-refractivity contribution in [2.75, 3.05) is 13.1 Å². The van der Waals surface area contributed by atoms with Crippen LogP contribution in [-0.4, -0.2) is 29.9 Å². The summed E-state index contributed by atoms with van der Waals surface area (Å²) in [6.45, 7) is 7.16. The second-order valence-electron chi connectivity index (χ2n) is 6.16. The van der Waals surface area contributed by atoms with Crippen molar-refractivity contribution in [2.45, 2.75) is 52.1 Å². The minimum Gasteiger partial charge on any atom is -0.336 e. The SMILES string of the molecule is CCC(C)N(Cc1ccccc1)C(=O)CC1CCNCC1. The first-order valence-corrected chi connectivity index (χ1v) is 8.24. The van der Waals surface area contributed by atoms with Gasteiger partial charge >= 0.3 is 0 Å². The number of hydrogen-bond donors (Lipinski definition) is 1. The highest BCUT2D eigenvalue weighted by molar-refractivity contribution is 5.76. The van der Waals surface area contributed by atoms with Crippen LogP contribution < -0.4 is 5.32 Å². The minimum absolute atomic E-state index is 0.305. The minimum atomic E-state index is 0.305. The lowest BCUT2D eigenvalue weighted by atomic mass is 9.93. The molecule has 116 valence electrons. The molecule has 1 aliphatic rings. The lowest BCUT2D eigenvalue weighted by Crippen LogP contribution is -2.39. The number of piperidine rings is 1. The van der Waals surface area contributed by atoms with Crippen LogP contribution in [0.5, 0.6) is 0 Å². The molecule has 1 heterocycles. The summed E-state index contributed by atoms with van der Waals surface area (Å²) in [4.78, 5) is 14.8. The highest BCUT2D eigenvalue weighted by Gasteiger charge is 2.23. The summed E-state index contributed by atoms with van der Waals surface area (Å²) < 4.78 is 0. The Morgan fingerprint density at radius 1 is 1.29 bits per heavy atom. The normalized spacial score (nSPS) is 17.4. The van der Waals surface area contributed by atoms with Gasteiger partial charge in [0.15, 0.2) is 0 Å². The van der Waals surface area contributed by atoms with Gasteiger partial charge in [0.1, 0.15) is 0 Å². The zero-order valence-electron chi connectivity index (χ0n) is 13.3. The zero-order valence-corrected chi connectivity index (χ0v) is 13.3. The molecular formula is C18H28N2O. The molecule has 2 rings (SSSR count). The van der Waals surface area contributed by atoms with Gasteiger partial charge in [-0.2, -0.15) is 0 Å². The third kappa shape index (κ3) is 4.85. The van der Waals surface area contributed by atoms with E-state index in [1.54, 1.807) is 0 Å². The average molecular weight is 288 g/mol. The molecule has 0 bridgehead atoms. The van der Waals surface area contributed by atoms with E-state index in [2.05, 4.69) is 36.2 Å². The Labute approximate surface area is 128 Å². The Morgan fingerprint density at radius 3 is 2.57 bits per heavy atom. The van der Waals surface area contributed by atoms with Crippen LogP contribution in [0.2, 0.25) is 0 Å². The number of nitrogens with one attached hydrogen (secondary N) is 1. The molecule has 21 heavy (non-hydrogen) atoms. The fourth-order valence-corrected chi connectivity index (χ4v) is 2.94. The van der Waals surface area contributed by atoms with E-state index < -0.39 is 0 Å². The first-order chi connectivity index (χ1) is 10.2. The van der Waals surface area contributed by atoms with E-state index in [0.29, 0.717) is 24.3 Å². The molecule has 3 heteroatoms. The van der Waals surface area contributed by atoms with Crippen LogP contribution in [0.1, 0.15) is 45.1 Å². The monoisotopic (exact) mass is 288 g/mol. The van der Waals surface area contributed by atoms with Crippen molar-refractivity contribution < 1.29 is 4.79 Å². The van der Waals surface area contributed by atoms with Crippen molar-refractivity contribution in [3.63, 3.8) is 0 Å². The van der Waals surface area contributed by atoms with E-state index in [-0.39, 0.29) is 0 Å². The molecule has 0 aliphatic carbocycles. The zero-order chi connectivity index (χ0) is 15.1. The highest BCUT2D eigenvalue weighted by atomic mass is 16.2. The summed E-state index contributed by atoms with van der Waals surface area (Å²) in [5.74, 6) is 0.876. The van der Waals surface area contributed by atoms with Gasteiger partial charge in [0.05, 0.1) is 0 Å². The van der Waals surface area contributed by atoms with Gasteiger partial charge in [0.25, 0.3) is 0 Å². The molecule has 1 aromatic carbocycles. The number of carbonyl (C=O) groups is 1. The third-order valence-electron chi connectivity index (χ3n) is 4.56. The average Bonchev–Trinajstić information content (AvgIpc) is 2.53. The van der Waals surface area contributed by atoms with Gasteiger partial charge in [-0.15, -0.1) is 0 Å². The van der Waals surface area contributed by atoms with Crippen molar-refractivity contribution in [1.82, 2.24) is 10.2 Å². The Hall–Kier alpha value is -1.35. The quantitative estimate of drug-likeness (QED) is 0.872. The second-order valence-corrected chi connectivity index (χ2v) is 6.16. The largest absolute Gasteiger partial charge is 0.336 e. The van der Waals surface area contributed by atoms with Crippen LogP contribution in [-0.2, 0) is 11.3 Å². The van der Waals surface area contributed by atoms with Crippen LogP contribution in [0.4, 0.5) is 0 Å². The molecule has 1 N–H and O–H groups in total. The third-order valence-corrected chi connectivity index (χ3v) is 4.56. The molecule has 1 saturated heterocycles. The molecule has 1 aliphatic heterocycles. The lowest BCUT2D eigenvalue weighted by Gasteiger charge is -2.31. The van der Waals surface area contributed by atoms with Gasteiger partial charge in [0.2, 0.25) is 5.91 Å². The Morgan fingerprint density at radius 2 is 1.95 bits per heavy atom. The smallest absolute Gasteiger partial charge is 0.223 e. The van der Waals surface area contributed by atoms with E-state index in [1.165, 1.54) is 5.56 Å².